The first kappa shape index (κ1) is 13.8. The van der Waals surface area contributed by atoms with E-state index in [4.69, 9.17) is 16.3 Å². The number of rotatable bonds is 5. The summed E-state index contributed by atoms with van der Waals surface area (Å²) in [6.45, 7) is 5.55. The van der Waals surface area contributed by atoms with Crippen LogP contribution in [0, 0.1) is 6.92 Å². The Kier molecular flexibility index (Phi) is 4.71. The molecule has 0 spiro atoms. The van der Waals surface area contributed by atoms with Gasteiger partial charge in [-0.05, 0) is 37.2 Å². The van der Waals surface area contributed by atoms with Gasteiger partial charge in [0.1, 0.15) is 5.75 Å². The summed E-state index contributed by atoms with van der Waals surface area (Å²) in [4.78, 5) is 8.50. The first-order chi connectivity index (χ1) is 9.19. The smallest absolute Gasteiger partial charge is 0.238 e. The molecule has 100 valence electrons. The molecule has 0 atom stereocenters. The van der Waals surface area contributed by atoms with Crippen molar-refractivity contribution in [1.29, 1.82) is 0 Å². The van der Waals surface area contributed by atoms with E-state index >= 15 is 0 Å². The number of hydrogen-bond donors (Lipinski definition) is 1. The molecule has 0 unspecified atom stereocenters. The Morgan fingerprint density at radius 2 is 2.16 bits per heavy atom. The van der Waals surface area contributed by atoms with Crippen LogP contribution in [0.3, 0.4) is 0 Å². The van der Waals surface area contributed by atoms with Crippen LogP contribution >= 0.6 is 11.6 Å². The summed E-state index contributed by atoms with van der Waals surface area (Å²) in [6.07, 6.45) is 3.32. The molecule has 0 bridgehead atoms. The number of aryl methyl sites for hydroxylation is 1. The molecule has 5 heteroatoms. The lowest BCUT2D eigenvalue weighted by molar-refractivity contribution is 0.456. The molecule has 0 aliphatic carbocycles. The van der Waals surface area contributed by atoms with Gasteiger partial charge in [-0.1, -0.05) is 18.5 Å². The first-order valence-corrected chi connectivity index (χ1v) is 6.52. The number of benzene rings is 1. The Labute approximate surface area is 117 Å². The highest BCUT2D eigenvalue weighted by molar-refractivity contribution is 6.31. The molecule has 0 aliphatic heterocycles. The van der Waals surface area contributed by atoms with E-state index in [0.29, 0.717) is 18.2 Å². The Morgan fingerprint density at radius 1 is 1.32 bits per heavy atom. The van der Waals surface area contributed by atoms with Crippen LogP contribution in [-0.2, 0) is 6.54 Å². The van der Waals surface area contributed by atoms with Gasteiger partial charge in [0, 0.05) is 17.8 Å². The minimum atomic E-state index is 0.483. The maximum Gasteiger partial charge on any atom is 0.238 e. The summed E-state index contributed by atoms with van der Waals surface area (Å²) in [5, 5.41) is 3.92. The molecule has 1 aromatic carbocycles. The largest absolute Gasteiger partial charge is 0.437 e. The van der Waals surface area contributed by atoms with Gasteiger partial charge >= 0.3 is 0 Å². The number of nitrogens with zero attached hydrogens (tertiary/aromatic N) is 2. The third-order valence-electron chi connectivity index (χ3n) is 2.57. The topological polar surface area (TPSA) is 47.0 Å². The van der Waals surface area contributed by atoms with Gasteiger partial charge in [0.05, 0.1) is 11.9 Å². The second kappa shape index (κ2) is 6.50. The zero-order valence-corrected chi connectivity index (χ0v) is 11.7. The fourth-order valence-corrected chi connectivity index (χ4v) is 1.69. The molecule has 0 amide bonds. The monoisotopic (exact) mass is 277 g/mol. The number of hydrogen-bond acceptors (Lipinski definition) is 4. The van der Waals surface area contributed by atoms with Crippen molar-refractivity contribution in [3.63, 3.8) is 0 Å². The first-order valence-electron chi connectivity index (χ1n) is 6.14. The van der Waals surface area contributed by atoms with Gasteiger partial charge in [0.15, 0.2) is 0 Å². The van der Waals surface area contributed by atoms with Crippen LogP contribution in [0.5, 0.6) is 11.6 Å². The molecule has 0 saturated carbocycles. The highest BCUT2D eigenvalue weighted by Gasteiger charge is 2.03. The molecule has 0 saturated heterocycles. The van der Waals surface area contributed by atoms with Gasteiger partial charge in [0.25, 0.3) is 0 Å². The second-order valence-electron chi connectivity index (χ2n) is 4.14. The van der Waals surface area contributed by atoms with Gasteiger partial charge in [-0.2, -0.15) is 0 Å². The van der Waals surface area contributed by atoms with Gasteiger partial charge in [-0.3, -0.25) is 4.98 Å². The van der Waals surface area contributed by atoms with Crippen LogP contribution in [0.2, 0.25) is 5.02 Å². The predicted octanol–water partition coefficient (Wildman–Crippen LogP) is 3.34. The molecule has 0 fully saturated rings. The molecule has 0 radical (unpaired) electrons. The molecule has 1 N–H and O–H groups in total. The van der Waals surface area contributed by atoms with Gasteiger partial charge in [0.2, 0.25) is 5.88 Å². The van der Waals surface area contributed by atoms with Crippen molar-refractivity contribution in [2.45, 2.75) is 20.4 Å². The van der Waals surface area contributed by atoms with Crippen molar-refractivity contribution in [2.24, 2.45) is 0 Å². The molecule has 2 aromatic rings. The normalized spacial score (nSPS) is 10.5. The zero-order valence-electron chi connectivity index (χ0n) is 11.0. The fraction of sp³-hybridized carbons (Fsp3) is 0.286. The summed E-state index contributed by atoms with van der Waals surface area (Å²) in [5.74, 6) is 1.19. The van der Waals surface area contributed by atoms with Crippen LogP contribution in [0.4, 0.5) is 0 Å². The van der Waals surface area contributed by atoms with Gasteiger partial charge < -0.3 is 10.1 Å². The number of nitrogens with one attached hydrogen (secondary N) is 1. The Hall–Kier alpha value is -1.65. The van der Waals surface area contributed by atoms with E-state index in [-0.39, 0.29) is 0 Å². The summed E-state index contributed by atoms with van der Waals surface area (Å²) in [5.41, 5.74) is 1.82. The van der Waals surface area contributed by atoms with Crippen LogP contribution in [0.1, 0.15) is 18.2 Å². The summed E-state index contributed by atoms with van der Waals surface area (Å²) in [7, 11) is 0. The minimum Gasteiger partial charge on any atom is -0.437 e. The van der Waals surface area contributed by atoms with Crippen molar-refractivity contribution in [3.8, 4) is 11.6 Å². The van der Waals surface area contributed by atoms with E-state index in [2.05, 4.69) is 15.3 Å². The Bertz CT molecular complexity index is 560. The third-order valence-corrected chi connectivity index (χ3v) is 2.99. The zero-order chi connectivity index (χ0) is 13.7. The van der Waals surface area contributed by atoms with E-state index in [1.54, 1.807) is 12.4 Å². The lowest BCUT2D eigenvalue weighted by atomic mass is 10.2. The van der Waals surface area contributed by atoms with Crippen LogP contribution < -0.4 is 10.1 Å². The molecule has 0 aliphatic rings. The van der Waals surface area contributed by atoms with Gasteiger partial charge in [-0.15, -0.1) is 0 Å². The lowest BCUT2D eigenvalue weighted by Crippen LogP contribution is -2.13. The average Bonchev–Trinajstić information content (AvgIpc) is 2.41. The van der Waals surface area contributed by atoms with E-state index in [0.717, 1.165) is 22.8 Å². The molecule has 1 aromatic heterocycles. The van der Waals surface area contributed by atoms with Crippen LogP contribution in [0.15, 0.2) is 30.6 Å². The summed E-state index contributed by atoms with van der Waals surface area (Å²) < 4.78 is 5.67. The molecule has 2 rings (SSSR count). The molecular weight excluding hydrogens is 262 g/mol. The maximum absolute atomic E-state index is 5.97. The minimum absolute atomic E-state index is 0.483. The second-order valence-corrected chi connectivity index (χ2v) is 4.55. The molecule has 19 heavy (non-hydrogen) atoms. The highest BCUT2D eigenvalue weighted by atomic mass is 35.5. The molecule has 4 nitrogen and oxygen atoms in total. The quantitative estimate of drug-likeness (QED) is 0.910. The predicted molar refractivity (Wildman–Crippen MR) is 75.7 cm³/mol. The van der Waals surface area contributed by atoms with Crippen molar-refractivity contribution in [1.82, 2.24) is 15.3 Å². The standard InChI is InChI=1S/C14H16ClN3O/c1-3-16-7-11-8-17-9-14(18-11)19-12-4-5-13(15)10(2)6-12/h4-6,8-9,16H,3,7H2,1-2H3. The van der Waals surface area contributed by atoms with E-state index < -0.39 is 0 Å². The van der Waals surface area contributed by atoms with Crippen molar-refractivity contribution < 1.29 is 4.74 Å². The highest BCUT2D eigenvalue weighted by Crippen LogP contribution is 2.24. The van der Waals surface area contributed by atoms with Crippen LogP contribution in [0.25, 0.3) is 0 Å². The third kappa shape index (κ3) is 3.91. The Morgan fingerprint density at radius 3 is 2.89 bits per heavy atom. The molecule has 1 heterocycles. The number of ether oxygens (including phenoxy) is 1. The maximum atomic E-state index is 5.97. The Balaban J connectivity index is 2.11. The SMILES string of the molecule is CCNCc1cncc(Oc2ccc(Cl)c(C)c2)n1. The van der Waals surface area contributed by atoms with Crippen LogP contribution in [-0.4, -0.2) is 16.5 Å². The van der Waals surface area contributed by atoms with Crippen molar-refractivity contribution in [3.05, 3.63) is 46.9 Å². The number of halogens is 1. The fourth-order valence-electron chi connectivity index (χ4n) is 1.58. The van der Waals surface area contributed by atoms with Crippen molar-refractivity contribution in [2.75, 3.05) is 6.54 Å². The van der Waals surface area contributed by atoms with E-state index in [1.165, 1.54) is 0 Å². The van der Waals surface area contributed by atoms with E-state index in [1.807, 2.05) is 32.0 Å². The average molecular weight is 278 g/mol. The van der Waals surface area contributed by atoms with Gasteiger partial charge in [-0.25, -0.2) is 4.98 Å². The van der Waals surface area contributed by atoms with Crippen molar-refractivity contribution >= 4 is 11.6 Å². The summed E-state index contributed by atoms with van der Waals surface area (Å²) in [6, 6.07) is 5.50. The molecular formula is C14H16ClN3O. The van der Waals surface area contributed by atoms with E-state index in [9.17, 15) is 0 Å². The lowest BCUT2D eigenvalue weighted by Gasteiger charge is -2.07. The number of aromatic nitrogens is 2. The summed E-state index contributed by atoms with van der Waals surface area (Å²) >= 11 is 5.97.